The predicted molar refractivity (Wildman–Crippen MR) is 105 cm³/mol. The number of carbonyl (C=O) groups excluding carboxylic acids is 1. The lowest BCUT2D eigenvalue weighted by Crippen LogP contribution is -2.39. The molecule has 30 heavy (non-hydrogen) atoms. The second-order valence-corrected chi connectivity index (χ2v) is 7.19. The molecule has 0 bridgehead atoms. The Morgan fingerprint density at radius 1 is 1.13 bits per heavy atom. The number of carbonyl (C=O) groups is 1. The van der Waals surface area contributed by atoms with Gasteiger partial charge in [0.25, 0.3) is 5.56 Å². The lowest BCUT2D eigenvalue weighted by Gasteiger charge is -2.33. The van der Waals surface area contributed by atoms with Crippen molar-refractivity contribution in [3.8, 4) is 0 Å². The molecule has 2 aromatic carbocycles. The zero-order chi connectivity index (χ0) is 21.6. The molecule has 2 heterocycles. The number of hydrogen-bond donors (Lipinski definition) is 2. The summed E-state index contributed by atoms with van der Waals surface area (Å²) in [5, 5.41) is 2.89. The maximum Gasteiger partial charge on any atom is 0.322 e. The van der Waals surface area contributed by atoms with Gasteiger partial charge in [-0.05, 0) is 48.2 Å². The van der Waals surface area contributed by atoms with Crippen molar-refractivity contribution >= 4 is 22.5 Å². The molecule has 6 nitrogen and oxygen atoms in total. The number of pyridine rings is 1. The number of aromatic nitrogens is 1. The number of benzene rings is 2. The summed E-state index contributed by atoms with van der Waals surface area (Å²) in [5.74, 6) is -2.61. The first kappa shape index (κ1) is 20.0. The van der Waals surface area contributed by atoms with Crippen LogP contribution in [0.1, 0.15) is 22.9 Å². The van der Waals surface area contributed by atoms with E-state index in [0.29, 0.717) is 22.5 Å². The summed E-state index contributed by atoms with van der Waals surface area (Å²) in [7, 11) is 1.52. The molecule has 0 saturated heterocycles. The third-order valence-electron chi connectivity index (χ3n) is 5.24. The molecule has 156 valence electrons. The summed E-state index contributed by atoms with van der Waals surface area (Å²) in [6.45, 7) is 1.75. The Kier molecular flexibility index (Phi) is 4.98. The Labute approximate surface area is 169 Å². The minimum atomic E-state index is -1.13. The summed E-state index contributed by atoms with van der Waals surface area (Å²) in [6, 6.07) is 4.81. The highest BCUT2D eigenvalue weighted by Gasteiger charge is 2.31. The number of likely N-dealkylation sites (N-methyl/N-ethyl adjacent to an activating group) is 1. The van der Waals surface area contributed by atoms with Gasteiger partial charge < -0.3 is 19.9 Å². The van der Waals surface area contributed by atoms with Gasteiger partial charge in [-0.1, -0.05) is 0 Å². The molecule has 0 aliphatic carbocycles. The number of nitrogens with one attached hydrogen (secondary N) is 2. The van der Waals surface area contributed by atoms with Gasteiger partial charge in [0.2, 0.25) is 0 Å². The standard InChI is InChI=1S/C21H18F3N3O3/c1-10-5-11(3-4-14(10)22)25-21(29)27(2)18-9-30-8-17-19(18)12-6-15(23)16(24)7-13(12)20(28)26-17/h3-7,18H,8-9H2,1-2H3,(H,25,29)(H,26,28)/t18-/m0/s1. The third-order valence-corrected chi connectivity index (χ3v) is 5.24. The van der Waals surface area contributed by atoms with Gasteiger partial charge in [-0.15, -0.1) is 0 Å². The second-order valence-electron chi connectivity index (χ2n) is 7.19. The van der Waals surface area contributed by atoms with E-state index in [1.807, 2.05) is 0 Å². The molecule has 0 spiro atoms. The molecule has 4 rings (SSSR count). The Balaban J connectivity index is 1.73. The van der Waals surface area contributed by atoms with Gasteiger partial charge in [-0.2, -0.15) is 0 Å². The number of aryl methyl sites for hydroxylation is 1. The van der Waals surface area contributed by atoms with Crippen LogP contribution in [0.15, 0.2) is 35.1 Å². The van der Waals surface area contributed by atoms with Crippen molar-refractivity contribution in [2.45, 2.75) is 19.6 Å². The predicted octanol–water partition coefficient (Wildman–Crippen LogP) is 3.99. The van der Waals surface area contributed by atoms with E-state index < -0.39 is 29.3 Å². The molecular formula is C21H18F3N3O3. The number of fused-ring (bicyclic) bond motifs is 3. The van der Waals surface area contributed by atoms with Crippen molar-refractivity contribution in [1.82, 2.24) is 9.88 Å². The SMILES string of the molecule is Cc1cc(NC(=O)N(C)[C@H]2COCc3[nH]c(=O)c4cc(F)c(F)cc4c32)ccc1F. The van der Waals surface area contributed by atoms with Crippen LogP contribution in [0.25, 0.3) is 10.8 Å². The molecule has 1 aliphatic rings. The molecule has 0 fully saturated rings. The van der Waals surface area contributed by atoms with E-state index in [9.17, 15) is 22.8 Å². The maximum atomic E-state index is 14.0. The fourth-order valence-corrected chi connectivity index (χ4v) is 3.62. The van der Waals surface area contributed by atoms with Crippen molar-refractivity contribution in [1.29, 1.82) is 0 Å². The number of rotatable bonds is 2. The molecular weight excluding hydrogens is 399 g/mol. The average Bonchev–Trinajstić information content (AvgIpc) is 2.71. The van der Waals surface area contributed by atoms with Gasteiger partial charge in [0, 0.05) is 24.0 Å². The van der Waals surface area contributed by atoms with E-state index in [2.05, 4.69) is 10.3 Å². The molecule has 3 aromatic rings. The summed E-state index contributed by atoms with van der Waals surface area (Å²) in [6.07, 6.45) is 0. The fourth-order valence-electron chi connectivity index (χ4n) is 3.62. The van der Waals surface area contributed by atoms with Crippen molar-refractivity contribution in [2.75, 3.05) is 19.0 Å². The van der Waals surface area contributed by atoms with E-state index in [1.54, 1.807) is 6.92 Å². The highest BCUT2D eigenvalue weighted by Crippen LogP contribution is 2.34. The van der Waals surface area contributed by atoms with Gasteiger partial charge in [0.05, 0.1) is 24.6 Å². The summed E-state index contributed by atoms with van der Waals surface area (Å²) >= 11 is 0. The van der Waals surface area contributed by atoms with Crippen molar-refractivity contribution in [3.63, 3.8) is 0 Å². The first-order valence-electron chi connectivity index (χ1n) is 9.17. The number of amides is 2. The monoisotopic (exact) mass is 417 g/mol. The van der Waals surface area contributed by atoms with E-state index in [0.717, 1.165) is 12.1 Å². The molecule has 0 unspecified atom stereocenters. The molecule has 2 N–H and O–H groups in total. The van der Waals surface area contributed by atoms with Gasteiger partial charge in [0.15, 0.2) is 11.6 Å². The third kappa shape index (κ3) is 3.41. The van der Waals surface area contributed by atoms with Crippen molar-refractivity contribution < 1.29 is 22.7 Å². The van der Waals surface area contributed by atoms with E-state index >= 15 is 0 Å². The van der Waals surface area contributed by atoms with Crippen molar-refractivity contribution in [3.05, 3.63) is 75.0 Å². The Morgan fingerprint density at radius 3 is 2.53 bits per heavy atom. The number of anilines is 1. The van der Waals surface area contributed by atoms with Gasteiger partial charge >= 0.3 is 6.03 Å². The van der Waals surface area contributed by atoms with Crippen molar-refractivity contribution in [2.24, 2.45) is 0 Å². The molecule has 1 atom stereocenters. The van der Waals surface area contributed by atoms with Crippen LogP contribution in [0.2, 0.25) is 0 Å². The number of urea groups is 1. The second kappa shape index (κ2) is 7.49. The summed E-state index contributed by atoms with van der Waals surface area (Å²) in [4.78, 5) is 29.1. The Bertz CT molecular complexity index is 1230. The van der Waals surface area contributed by atoms with Crippen LogP contribution in [0.4, 0.5) is 23.7 Å². The lowest BCUT2D eigenvalue weighted by atomic mass is 9.95. The van der Waals surface area contributed by atoms with Gasteiger partial charge in [-0.3, -0.25) is 4.79 Å². The van der Waals surface area contributed by atoms with E-state index in [-0.39, 0.29) is 29.8 Å². The van der Waals surface area contributed by atoms with Gasteiger partial charge in [-0.25, -0.2) is 18.0 Å². The number of halogens is 3. The van der Waals surface area contributed by atoms with Crippen LogP contribution < -0.4 is 10.9 Å². The number of H-pyrrole nitrogens is 1. The largest absolute Gasteiger partial charge is 0.373 e. The first-order valence-corrected chi connectivity index (χ1v) is 9.17. The highest BCUT2D eigenvalue weighted by atomic mass is 19.2. The normalized spacial score (nSPS) is 15.7. The smallest absolute Gasteiger partial charge is 0.322 e. The molecule has 9 heteroatoms. The summed E-state index contributed by atoms with van der Waals surface area (Å²) < 4.78 is 46.6. The van der Waals surface area contributed by atoms with Crippen LogP contribution >= 0.6 is 0 Å². The molecule has 2 amide bonds. The average molecular weight is 417 g/mol. The topological polar surface area (TPSA) is 74.4 Å². The minimum absolute atomic E-state index is 0.0116. The van der Waals surface area contributed by atoms with Crippen LogP contribution in [0.3, 0.4) is 0 Å². The minimum Gasteiger partial charge on any atom is -0.373 e. The van der Waals surface area contributed by atoms with E-state index in [1.165, 1.54) is 30.1 Å². The van der Waals surface area contributed by atoms with Crippen LogP contribution in [0.5, 0.6) is 0 Å². The Morgan fingerprint density at radius 2 is 1.83 bits per heavy atom. The Hall–Kier alpha value is -3.33. The molecule has 1 aromatic heterocycles. The molecule has 0 saturated carbocycles. The molecule has 0 radical (unpaired) electrons. The molecule has 1 aliphatic heterocycles. The summed E-state index contributed by atoms with van der Waals surface area (Å²) in [5.41, 5.74) is 1.10. The number of hydrogen-bond acceptors (Lipinski definition) is 3. The maximum absolute atomic E-state index is 14.0. The van der Waals surface area contributed by atoms with Crippen LogP contribution in [0, 0.1) is 24.4 Å². The zero-order valence-corrected chi connectivity index (χ0v) is 16.2. The first-order chi connectivity index (χ1) is 14.3. The van der Waals surface area contributed by atoms with Gasteiger partial charge in [0.1, 0.15) is 5.82 Å². The fraction of sp³-hybridized carbons (Fsp3) is 0.238. The number of nitrogens with zero attached hydrogens (tertiary/aromatic N) is 1. The van der Waals surface area contributed by atoms with Crippen LogP contribution in [-0.4, -0.2) is 29.6 Å². The number of ether oxygens (including phenoxy) is 1. The quantitative estimate of drug-likeness (QED) is 0.662. The highest BCUT2D eigenvalue weighted by molar-refractivity contribution is 5.91. The van der Waals surface area contributed by atoms with Crippen LogP contribution in [-0.2, 0) is 11.3 Å². The number of aromatic amines is 1. The van der Waals surface area contributed by atoms with E-state index in [4.69, 9.17) is 4.74 Å². The zero-order valence-electron chi connectivity index (χ0n) is 16.2. The lowest BCUT2D eigenvalue weighted by molar-refractivity contribution is 0.0527.